The van der Waals surface area contributed by atoms with E-state index in [9.17, 15) is 18.2 Å². The molecular weight excluding hydrogens is 703 g/mol. The summed E-state index contributed by atoms with van der Waals surface area (Å²) in [6.07, 6.45) is 1.08. The number of carboxylic acid groups (broad SMARTS) is 1. The summed E-state index contributed by atoms with van der Waals surface area (Å²) >= 11 is 0. The molecule has 0 bridgehead atoms. The summed E-state index contributed by atoms with van der Waals surface area (Å²) in [7, 11) is -3.13. The van der Waals surface area contributed by atoms with Gasteiger partial charge in [0.2, 0.25) is 0 Å². The average molecular weight is 749 g/mol. The Balaban J connectivity index is 1.23. The van der Waals surface area contributed by atoms with E-state index >= 15 is 0 Å². The fourth-order valence-corrected chi connectivity index (χ4v) is 6.55. The van der Waals surface area contributed by atoms with E-state index in [0.717, 1.165) is 50.3 Å². The summed E-state index contributed by atoms with van der Waals surface area (Å²) in [6.45, 7) is 13.3. The lowest BCUT2D eigenvalue weighted by Crippen LogP contribution is -2.96. The van der Waals surface area contributed by atoms with Gasteiger partial charge in [0.05, 0.1) is 5.56 Å². The standard InChI is InChI=1S/C48H44BF2NO4/c1-47(2,3)39-21-27-42(28-22-39)52(43-29-23-40(24-30-43)48(4,5)6)41-25-19-35(20-26-41)32-7-13-36(14-8-32)44(53)31-45(56-49(50)51)37-15-9-33(10-16-37)34-11-17-38(18-12-34)46(54)55/h7-31H,1-6H3,(H,54,55)/p+1/b45-31-. The zero-order valence-electron chi connectivity index (χ0n) is 32.4. The van der Waals surface area contributed by atoms with Gasteiger partial charge < -0.3 is 9.76 Å². The summed E-state index contributed by atoms with van der Waals surface area (Å²) in [5.74, 6) is -1.77. The third kappa shape index (κ3) is 9.39. The first-order valence-corrected chi connectivity index (χ1v) is 18.5. The van der Waals surface area contributed by atoms with Crippen LogP contribution in [0.3, 0.4) is 0 Å². The molecule has 2 N–H and O–H groups in total. The topological polar surface area (TPSA) is 68.0 Å². The van der Waals surface area contributed by atoms with E-state index in [0.29, 0.717) is 11.1 Å². The van der Waals surface area contributed by atoms with Crippen LogP contribution in [0, 0.1) is 0 Å². The van der Waals surface area contributed by atoms with E-state index in [-0.39, 0.29) is 22.2 Å². The first kappa shape index (κ1) is 39.6. The molecule has 0 aliphatic heterocycles. The summed E-state index contributed by atoms with van der Waals surface area (Å²) < 4.78 is 31.7. The SMILES string of the molecule is CC(C)(C)c1ccc([NH+](c2ccc(-c3ccc(C(=O)/C=C(\OB(F)F)c4ccc(-c5ccc(C(=O)O)cc5)cc4)cc3)cc2)c2ccc(C(C)(C)C)cc2)cc1. The highest BCUT2D eigenvalue weighted by atomic mass is 19.2. The summed E-state index contributed by atoms with van der Waals surface area (Å²) in [5, 5.41) is 9.16. The molecule has 0 unspecified atom stereocenters. The van der Waals surface area contributed by atoms with Gasteiger partial charge in [0.25, 0.3) is 0 Å². The first-order valence-electron chi connectivity index (χ1n) is 18.5. The Morgan fingerprint density at radius 2 is 0.839 bits per heavy atom. The third-order valence-corrected chi connectivity index (χ3v) is 9.87. The maximum absolute atomic E-state index is 13.5. The number of nitrogens with one attached hydrogen (secondary N) is 1. The second-order valence-corrected chi connectivity index (χ2v) is 15.9. The minimum Gasteiger partial charge on any atom is -0.505 e. The number of hydrogen-bond acceptors (Lipinski definition) is 3. The fraction of sp³-hybridized carbons (Fsp3) is 0.167. The largest absolute Gasteiger partial charge is 0.796 e. The number of carbonyl (C=O) groups is 2. The smallest absolute Gasteiger partial charge is 0.505 e. The lowest BCUT2D eigenvalue weighted by atomic mass is 9.86. The molecular formula is C48H45BF2NO4+. The first-order chi connectivity index (χ1) is 26.6. The number of halogens is 2. The molecule has 0 radical (unpaired) electrons. The molecule has 0 saturated heterocycles. The van der Waals surface area contributed by atoms with Gasteiger partial charge in [0.1, 0.15) is 22.8 Å². The number of benzene rings is 6. The zero-order valence-corrected chi connectivity index (χ0v) is 32.4. The van der Waals surface area contributed by atoms with Gasteiger partial charge in [-0.25, -0.2) is 18.3 Å². The fourth-order valence-electron chi connectivity index (χ4n) is 6.55. The van der Waals surface area contributed by atoms with Crippen molar-refractivity contribution >= 4 is 42.0 Å². The van der Waals surface area contributed by atoms with E-state index in [4.69, 9.17) is 9.76 Å². The van der Waals surface area contributed by atoms with Crippen LogP contribution in [-0.4, -0.2) is 24.3 Å². The lowest BCUT2D eigenvalue weighted by Gasteiger charge is -2.23. The maximum Gasteiger partial charge on any atom is 0.796 e. The van der Waals surface area contributed by atoms with Crippen molar-refractivity contribution in [2.24, 2.45) is 0 Å². The van der Waals surface area contributed by atoms with Crippen molar-refractivity contribution < 1.29 is 32.9 Å². The minimum absolute atomic E-state index is 0.0432. The predicted octanol–water partition coefficient (Wildman–Crippen LogP) is 11.7. The average Bonchev–Trinajstić information content (AvgIpc) is 3.18. The molecule has 6 aromatic rings. The lowest BCUT2D eigenvalue weighted by molar-refractivity contribution is -0.681. The van der Waals surface area contributed by atoms with Crippen molar-refractivity contribution in [3.05, 3.63) is 179 Å². The monoisotopic (exact) mass is 748 g/mol. The second kappa shape index (κ2) is 16.3. The molecule has 0 aromatic heterocycles. The normalized spacial score (nSPS) is 12.1. The van der Waals surface area contributed by atoms with Crippen LogP contribution >= 0.6 is 0 Å². The van der Waals surface area contributed by atoms with Gasteiger partial charge in [-0.3, -0.25) is 4.79 Å². The minimum atomic E-state index is -3.13. The molecule has 0 aliphatic rings. The Kier molecular flexibility index (Phi) is 11.5. The number of aromatic carboxylic acids is 1. The van der Waals surface area contributed by atoms with Gasteiger partial charge in [-0.05, 0) is 68.5 Å². The van der Waals surface area contributed by atoms with Gasteiger partial charge in [0, 0.05) is 53.6 Å². The number of carbonyl (C=O) groups excluding carboxylic acids is 1. The molecule has 0 atom stereocenters. The molecule has 0 amide bonds. The van der Waals surface area contributed by atoms with Crippen LogP contribution in [0.1, 0.15) is 78.9 Å². The number of carboxylic acids is 1. The number of quaternary nitrogens is 1. The summed E-state index contributed by atoms with van der Waals surface area (Å²) in [4.78, 5) is 25.6. The van der Waals surface area contributed by atoms with E-state index < -0.39 is 19.2 Å². The molecule has 0 spiro atoms. The third-order valence-electron chi connectivity index (χ3n) is 9.87. The van der Waals surface area contributed by atoms with Crippen molar-refractivity contribution in [1.82, 2.24) is 0 Å². The van der Waals surface area contributed by atoms with Gasteiger partial charge in [-0.1, -0.05) is 126 Å². The number of ketones is 1. The zero-order chi connectivity index (χ0) is 40.2. The van der Waals surface area contributed by atoms with E-state index in [1.54, 1.807) is 48.5 Å². The molecule has 0 aliphatic carbocycles. The van der Waals surface area contributed by atoms with Gasteiger partial charge in [0.15, 0.2) is 5.78 Å². The molecule has 0 heterocycles. The molecule has 6 rings (SSSR count). The molecule has 0 fully saturated rings. The van der Waals surface area contributed by atoms with Crippen molar-refractivity contribution in [2.75, 3.05) is 0 Å². The van der Waals surface area contributed by atoms with Crippen LogP contribution in [0.4, 0.5) is 25.7 Å². The van der Waals surface area contributed by atoms with Gasteiger partial charge in [-0.2, -0.15) is 0 Å². The van der Waals surface area contributed by atoms with Crippen LogP contribution < -0.4 is 4.90 Å². The van der Waals surface area contributed by atoms with Crippen LogP contribution in [0.2, 0.25) is 0 Å². The van der Waals surface area contributed by atoms with Crippen LogP contribution in [0.15, 0.2) is 152 Å². The van der Waals surface area contributed by atoms with Crippen LogP contribution in [0.5, 0.6) is 0 Å². The predicted molar refractivity (Wildman–Crippen MR) is 222 cm³/mol. The Bertz CT molecular complexity index is 2260. The van der Waals surface area contributed by atoms with E-state index in [1.807, 2.05) is 12.1 Å². The highest BCUT2D eigenvalue weighted by Gasteiger charge is 2.24. The Morgan fingerprint density at radius 1 is 0.518 bits per heavy atom. The van der Waals surface area contributed by atoms with Gasteiger partial charge in [-0.15, -0.1) is 0 Å². The van der Waals surface area contributed by atoms with Crippen LogP contribution in [0.25, 0.3) is 28.0 Å². The van der Waals surface area contributed by atoms with Crippen LogP contribution in [-0.2, 0) is 15.5 Å². The van der Waals surface area contributed by atoms with Crippen molar-refractivity contribution in [2.45, 2.75) is 52.4 Å². The number of allylic oxidation sites excluding steroid dienone is 1. The van der Waals surface area contributed by atoms with Crippen molar-refractivity contribution in [3.8, 4) is 22.3 Å². The highest BCUT2D eigenvalue weighted by molar-refractivity contribution is 6.36. The summed E-state index contributed by atoms with van der Waals surface area (Å²) in [6, 6.07) is 45.9. The van der Waals surface area contributed by atoms with Crippen molar-refractivity contribution in [1.29, 1.82) is 0 Å². The molecule has 6 aromatic carbocycles. The second-order valence-electron chi connectivity index (χ2n) is 15.9. The molecule has 0 saturated carbocycles. The number of rotatable bonds is 11. The Hall–Kier alpha value is -6.12. The summed E-state index contributed by atoms with van der Waals surface area (Å²) in [5.41, 5.74) is 10.1. The highest BCUT2D eigenvalue weighted by Crippen LogP contribution is 2.29. The van der Waals surface area contributed by atoms with E-state index in [2.05, 4.69) is 114 Å². The molecule has 5 nitrogen and oxygen atoms in total. The molecule has 282 valence electrons. The van der Waals surface area contributed by atoms with Crippen molar-refractivity contribution in [3.63, 3.8) is 0 Å². The number of hydrogen-bond donors (Lipinski definition) is 2. The Labute approximate surface area is 328 Å². The van der Waals surface area contributed by atoms with E-state index in [1.165, 1.54) is 23.3 Å². The maximum atomic E-state index is 13.5. The van der Waals surface area contributed by atoms with Gasteiger partial charge >= 0.3 is 13.4 Å². The molecule has 8 heteroatoms. The quantitative estimate of drug-likeness (QED) is 0.0599. The Morgan fingerprint density at radius 3 is 1.18 bits per heavy atom. The molecule has 56 heavy (non-hydrogen) atoms.